The van der Waals surface area contributed by atoms with Crippen molar-refractivity contribution in [2.24, 2.45) is 0 Å². The molecule has 17 heavy (non-hydrogen) atoms. The summed E-state index contributed by atoms with van der Waals surface area (Å²) in [4.78, 5) is 22.4. The molecule has 0 heterocycles. The normalized spacial score (nSPS) is 11.9. The van der Waals surface area contributed by atoms with Crippen molar-refractivity contribution in [2.45, 2.75) is 19.4 Å². The first-order valence-corrected chi connectivity index (χ1v) is 5.13. The second-order valence-electron chi connectivity index (χ2n) is 3.45. The third-order valence-electron chi connectivity index (χ3n) is 2.40. The van der Waals surface area contributed by atoms with Gasteiger partial charge >= 0.3 is 5.97 Å². The second-order valence-corrected chi connectivity index (χ2v) is 3.45. The number of rotatable bonds is 5. The van der Waals surface area contributed by atoms with E-state index in [2.05, 4.69) is 0 Å². The van der Waals surface area contributed by atoms with Gasteiger partial charge in [-0.2, -0.15) is 0 Å². The van der Waals surface area contributed by atoms with Gasteiger partial charge in [-0.3, -0.25) is 4.79 Å². The van der Waals surface area contributed by atoms with Crippen LogP contribution in [0.3, 0.4) is 0 Å². The zero-order chi connectivity index (χ0) is 13.0. The number of Topliss-reactive ketones (excluding diaryl/α,β-unsaturated/α-hetero) is 1. The standard InChI is InChI=1S/C12H14O5/c1-3-9(13)7-5-4-6-8(11(7)17-2)10(14)12(15)16/h4-6,10,14H,3H2,1-2H3,(H,15,16). The molecule has 2 N–H and O–H groups in total. The highest BCUT2D eigenvalue weighted by atomic mass is 16.5. The highest BCUT2D eigenvalue weighted by Crippen LogP contribution is 2.30. The quantitative estimate of drug-likeness (QED) is 0.757. The van der Waals surface area contributed by atoms with E-state index in [9.17, 15) is 14.7 Å². The van der Waals surface area contributed by atoms with Crippen LogP contribution in [0.15, 0.2) is 18.2 Å². The van der Waals surface area contributed by atoms with Crippen molar-refractivity contribution in [3.8, 4) is 5.75 Å². The minimum Gasteiger partial charge on any atom is -0.496 e. The highest BCUT2D eigenvalue weighted by molar-refractivity contribution is 5.99. The van der Waals surface area contributed by atoms with Crippen molar-refractivity contribution >= 4 is 11.8 Å². The van der Waals surface area contributed by atoms with Crippen LogP contribution in [0.1, 0.15) is 35.4 Å². The fourth-order valence-electron chi connectivity index (χ4n) is 1.54. The van der Waals surface area contributed by atoms with Crippen molar-refractivity contribution in [2.75, 3.05) is 7.11 Å². The van der Waals surface area contributed by atoms with Crippen LogP contribution >= 0.6 is 0 Å². The summed E-state index contributed by atoms with van der Waals surface area (Å²) in [6.45, 7) is 1.70. The summed E-state index contributed by atoms with van der Waals surface area (Å²) in [5.74, 6) is -1.43. The summed E-state index contributed by atoms with van der Waals surface area (Å²) in [5.41, 5.74) is 0.368. The third-order valence-corrected chi connectivity index (χ3v) is 2.40. The Morgan fingerprint density at radius 1 is 1.41 bits per heavy atom. The Hall–Kier alpha value is -1.88. The second kappa shape index (κ2) is 5.45. The van der Waals surface area contributed by atoms with Gasteiger partial charge in [-0.1, -0.05) is 19.1 Å². The number of ketones is 1. The molecular formula is C12H14O5. The molecule has 0 fully saturated rings. The summed E-state index contributed by atoms with van der Waals surface area (Å²) in [7, 11) is 1.33. The van der Waals surface area contributed by atoms with Gasteiger partial charge in [-0.05, 0) is 6.07 Å². The number of ether oxygens (including phenoxy) is 1. The Labute approximate surface area is 98.6 Å². The summed E-state index contributed by atoms with van der Waals surface area (Å²) >= 11 is 0. The number of hydrogen-bond donors (Lipinski definition) is 2. The first kappa shape index (κ1) is 13.2. The number of carboxylic acids is 1. The molecule has 0 saturated carbocycles. The van der Waals surface area contributed by atoms with Gasteiger partial charge in [0.15, 0.2) is 11.9 Å². The largest absolute Gasteiger partial charge is 0.496 e. The van der Waals surface area contributed by atoms with Crippen molar-refractivity contribution in [1.82, 2.24) is 0 Å². The lowest BCUT2D eigenvalue weighted by molar-refractivity contribution is -0.147. The van der Waals surface area contributed by atoms with Crippen LogP contribution in [-0.4, -0.2) is 29.1 Å². The van der Waals surface area contributed by atoms with E-state index in [-0.39, 0.29) is 29.1 Å². The van der Waals surface area contributed by atoms with Gasteiger partial charge in [0.2, 0.25) is 0 Å². The number of para-hydroxylation sites is 1. The zero-order valence-electron chi connectivity index (χ0n) is 9.64. The molecule has 92 valence electrons. The summed E-state index contributed by atoms with van der Waals surface area (Å²) in [6, 6.07) is 4.49. The first-order chi connectivity index (χ1) is 8.02. The third kappa shape index (κ3) is 2.62. The van der Waals surface area contributed by atoms with E-state index in [1.807, 2.05) is 0 Å². The van der Waals surface area contributed by atoms with Gasteiger partial charge in [0.05, 0.1) is 12.7 Å². The Morgan fingerprint density at radius 3 is 2.53 bits per heavy atom. The smallest absolute Gasteiger partial charge is 0.337 e. The average Bonchev–Trinajstić information content (AvgIpc) is 2.35. The predicted octanol–water partition coefficient (Wildman–Crippen LogP) is 1.41. The molecule has 1 unspecified atom stereocenters. The number of aliphatic carboxylic acids is 1. The van der Waals surface area contributed by atoms with E-state index in [4.69, 9.17) is 9.84 Å². The average molecular weight is 238 g/mol. The van der Waals surface area contributed by atoms with Crippen LogP contribution in [0.5, 0.6) is 5.75 Å². The van der Waals surface area contributed by atoms with E-state index >= 15 is 0 Å². The van der Waals surface area contributed by atoms with Crippen LogP contribution in [0.25, 0.3) is 0 Å². The van der Waals surface area contributed by atoms with E-state index in [1.54, 1.807) is 13.0 Å². The highest BCUT2D eigenvalue weighted by Gasteiger charge is 2.23. The Balaban J connectivity index is 3.32. The molecule has 0 saturated heterocycles. The van der Waals surface area contributed by atoms with Gasteiger partial charge < -0.3 is 14.9 Å². The van der Waals surface area contributed by atoms with E-state index < -0.39 is 12.1 Å². The van der Waals surface area contributed by atoms with Crippen molar-refractivity contribution in [3.05, 3.63) is 29.3 Å². The van der Waals surface area contributed by atoms with Crippen LogP contribution in [0.2, 0.25) is 0 Å². The monoisotopic (exact) mass is 238 g/mol. The molecule has 0 aromatic heterocycles. The fourth-order valence-corrected chi connectivity index (χ4v) is 1.54. The maximum absolute atomic E-state index is 11.6. The number of aliphatic hydroxyl groups excluding tert-OH is 1. The fraction of sp³-hybridized carbons (Fsp3) is 0.333. The molecule has 1 rings (SSSR count). The van der Waals surface area contributed by atoms with Crippen LogP contribution < -0.4 is 4.74 Å². The first-order valence-electron chi connectivity index (χ1n) is 5.13. The van der Waals surface area contributed by atoms with Crippen molar-refractivity contribution in [3.63, 3.8) is 0 Å². The minimum atomic E-state index is -1.70. The number of carboxylic acid groups (broad SMARTS) is 1. The summed E-state index contributed by atoms with van der Waals surface area (Å²) in [5, 5.41) is 18.2. The number of methoxy groups -OCH3 is 1. The number of benzene rings is 1. The van der Waals surface area contributed by atoms with Crippen molar-refractivity contribution < 1.29 is 24.5 Å². The van der Waals surface area contributed by atoms with Gasteiger partial charge in [0.25, 0.3) is 0 Å². The van der Waals surface area contributed by atoms with E-state index in [0.717, 1.165) is 0 Å². The molecule has 0 spiro atoms. The van der Waals surface area contributed by atoms with E-state index in [0.29, 0.717) is 0 Å². The molecule has 5 nitrogen and oxygen atoms in total. The lowest BCUT2D eigenvalue weighted by Crippen LogP contribution is -2.13. The van der Waals surface area contributed by atoms with Crippen LogP contribution in [-0.2, 0) is 4.79 Å². The van der Waals surface area contributed by atoms with Gasteiger partial charge in [0.1, 0.15) is 5.75 Å². The number of carbonyl (C=O) groups is 2. The summed E-state index contributed by atoms with van der Waals surface area (Å²) in [6.07, 6.45) is -1.42. The zero-order valence-corrected chi connectivity index (χ0v) is 9.64. The lowest BCUT2D eigenvalue weighted by Gasteiger charge is -2.14. The molecule has 0 aliphatic carbocycles. The molecule has 5 heteroatoms. The molecule has 0 aliphatic heterocycles. The summed E-state index contributed by atoms with van der Waals surface area (Å²) < 4.78 is 5.03. The molecule has 1 atom stereocenters. The number of aliphatic hydroxyl groups is 1. The van der Waals surface area contributed by atoms with Crippen LogP contribution in [0.4, 0.5) is 0 Å². The minimum absolute atomic E-state index is 0.0827. The number of carbonyl (C=O) groups excluding carboxylic acids is 1. The lowest BCUT2D eigenvalue weighted by atomic mass is 10.0. The molecular weight excluding hydrogens is 224 g/mol. The molecule has 0 aliphatic rings. The Bertz CT molecular complexity index is 439. The molecule has 0 bridgehead atoms. The van der Waals surface area contributed by atoms with Crippen LogP contribution in [0, 0.1) is 0 Å². The Kier molecular flexibility index (Phi) is 4.23. The topological polar surface area (TPSA) is 83.8 Å². The maximum atomic E-state index is 11.6. The van der Waals surface area contributed by atoms with Gasteiger partial charge in [-0.15, -0.1) is 0 Å². The number of hydrogen-bond acceptors (Lipinski definition) is 4. The van der Waals surface area contributed by atoms with Gasteiger partial charge in [0, 0.05) is 12.0 Å². The SMILES string of the molecule is CCC(=O)c1cccc(C(O)C(=O)O)c1OC. The molecule has 1 aromatic carbocycles. The molecule has 0 radical (unpaired) electrons. The van der Waals surface area contributed by atoms with Gasteiger partial charge in [-0.25, -0.2) is 4.79 Å². The van der Waals surface area contributed by atoms with Crippen molar-refractivity contribution in [1.29, 1.82) is 0 Å². The molecule has 1 aromatic rings. The maximum Gasteiger partial charge on any atom is 0.337 e. The predicted molar refractivity (Wildman–Crippen MR) is 60.2 cm³/mol. The van der Waals surface area contributed by atoms with E-state index in [1.165, 1.54) is 19.2 Å². The Morgan fingerprint density at radius 2 is 2.06 bits per heavy atom. The molecule has 0 amide bonds.